The topological polar surface area (TPSA) is 101 Å². The molecule has 0 aliphatic rings. The number of nitrogens with one attached hydrogen (secondary N) is 1. The number of para-hydroxylation sites is 1. The highest BCUT2D eigenvalue weighted by atomic mass is 32.2. The van der Waals surface area contributed by atoms with Crippen LogP contribution in [-0.4, -0.2) is 21.4 Å². The van der Waals surface area contributed by atoms with E-state index in [9.17, 15) is 9.18 Å². The summed E-state index contributed by atoms with van der Waals surface area (Å²) in [7, 11) is 0. The van der Waals surface area contributed by atoms with Gasteiger partial charge >= 0.3 is 0 Å². The first-order valence-corrected chi connectivity index (χ1v) is 9.56. The van der Waals surface area contributed by atoms with Crippen LogP contribution in [0.5, 0.6) is 5.75 Å². The summed E-state index contributed by atoms with van der Waals surface area (Å²) in [6, 6.07) is 14.7. The average Bonchev–Trinajstić information content (AvgIpc) is 3.18. The SMILES string of the molecule is C[C@H](Oc1ccccc1F)c1nnc(S[C@H](C)C(=O)Nc2cccc(C#N)c2)o1. The molecular formula is C20H17FN4O3S. The maximum absolute atomic E-state index is 13.7. The van der Waals surface area contributed by atoms with Gasteiger partial charge in [0.2, 0.25) is 5.91 Å². The van der Waals surface area contributed by atoms with Crippen LogP contribution in [0.3, 0.4) is 0 Å². The van der Waals surface area contributed by atoms with Crippen LogP contribution in [0.1, 0.15) is 31.4 Å². The van der Waals surface area contributed by atoms with Gasteiger partial charge in [0.25, 0.3) is 11.1 Å². The Kier molecular flexibility index (Phi) is 6.46. The minimum absolute atomic E-state index is 0.0831. The number of benzene rings is 2. The summed E-state index contributed by atoms with van der Waals surface area (Å²) in [5.41, 5.74) is 0.980. The molecule has 2 atom stereocenters. The molecule has 7 nitrogen and oxygen atoms in total. The predicted molar refractivity (Wildman–Crippen MR) is 105 cm³/mol. The van der Waals surface area contributed by atoms with Crippen molar-refractivity contribution in [1.82, 2.24) is 10.2 Å². The molecule has 0 unspecified atom stereocenters. The number of carbonyl (C=O) groups is 1. The van der Waals surface area contributed by atoms with E-state index in [2.05, 4.69) is 15.5 Å². The zero-order chi connectivity index (χ0) is 20.8. The Morgan fingerprint density at radius 3 is 2.79 bits per heavy atom. The Labute approximate surface area is 170 Å². The minimum Gasteiger partial charge on any atom is -0.478 e. The van der Waals surface area contributed by atoms with Crippen molar-refractivity contribution in [1.29, 1.82) is 5.26 Å². The molecule has 3 rings (SSSR count). The van der Waals surface area contributed by atoms with Gasteiger partial charge < -0.3 is 14.5 Å². The Morgan fingerprint density at radius 1 is 1.24 bits per heavy atom. The quantitative estimate of drug-likeness (QED) is 0.576. The Hall–Kier alpha value is -3.38. The van der Waals surface area contributed by atoms with Gasteiger partial charge in [0, 0.05) is 5.69 Å². The van der Waals surface area contributed by atoms with E-state index in [1.54, 1.807) is 50.2 Å². The van der Waals surface area contributed by atoms with Crippen LogP contribution in [0.25, 0.3) is 0 Å². The van der Waals surface area contributed by atoms with Crippen molar-refractivity contribution in [2.75, 3.05) is 5.32 Å². The van der Waals surface area contributed by atoms with E-state index < -0.39 is 17.2 Å². The van der Waals surface area contributed by atoms with Crippen molar-refractivity contribution in [2.45, 2.75) is 30.4 Å². The van der Waals surface area contributed by atoms with Crippen LogP contribution >= 0.6 is 11.8 Å². The van der Waals surface area contributed by atoms with Crippen LogP contribution in [0.15, 0.2) is 58.2 Å². The highest BCUT2D eigenvalue weighted by Gasteiger charge is 2.21. The fraction of sp³-hybridized carbons (Fsp3) is 0.200. The van der Waals surface area contributed by atoms with Crippen LogP contribution < -0.4 is 10.1 Å². The van der Waals surface area contributed by atoms with Crippen molar-refractivity contribution >= 4 is 23.4 Å². The number of nitrogens with zero attached hydrogens (tertiary/aromatic N) is 3. The zero-order valence-electron chi connectivity index (χ0n) is 15.6. The third-order valence-corrected chi connectivity index (χ3v) is 4.75. The van der Waals surface area contributed by atoms with E-state index >= 15 is 0 Å². The van der Waals surface area contributed by atoms with Crippen LogP contribution in [0, 0.1) is 17.1 Å². The number of anilines is 1. The van der Waals surface area contributed by atoms with Crippen molar-refractivity contribution in [2.24, 2.45) is 0 Å². The number of hydrogen-bond acceptors (Lipinski definition) is 7. The molecule has 1 aromatic heterocycles. The van der Waals surface area contributed by atoms with Gasteiger partial charge in [-0.2, -0.15) is 5.26 Å². The monoisotopic (exact) mass is 412 g/mol. The molecule has 1 N–H and O–H groups in total. The van der Waals surface area contributed by atoms with E-state index in [1.807, 2.05) is 6.07 Å². The van der Waals surface area contributed by atoms with Gasteiger partial charge in [-0.1, -0.05) is 30.0 Å². The van der Waals surface area contributed by atoms with Gasteiger partial charge in [0.15, 0.2) is 17.7 Å². The van der Waals surface area contributed by atoms with E-state index in [0.29, 0.717) is 11.3 Å². The molecule has 0 aliphatic heterocycles. The molecule has 148 valence electrons. The second-order valence-corrected chi connectivity index (χ2v) is 7.33. The first-order chi connectivity index (χ1) is 14.0. The third-order valence-electron chi connectivity index (χ3n) is 3.82. The zero-order valence-corrected chi connectivity index (χ0v) is 16.4. The molecule has 2 aromatic carbocycles. The largest absolute Gasteiger partial charge is 0.478 e. The van der Waals surface area contributed by atoms with Crippen molar-refractivity contribution in [3.63, 3.8) is 0 Å². The summed E-state index contributed by atoms with van der Waals surface area (Å²) in [4.78, 5) is 12.4. The van der Waals surface area contributed by atoms with Crippen LogP contribution in [0.2, 0.25) is 0 Å². The number of aromatic nitrogens is 2. The molecule has 1 amide bonds. The molecule has 3 aromatic rings. The molecule has 29 heavy (non-hydrogen) atoms. The number of ether oxygens (including phenoxy) is 1. The molecule has 0 saturated heterocycles. The van der Waals surface area contributed by atoms with Crippen molar-refractivity contribution < 1.29 is 18.3 Å². The highest BCUT2D eigenvalue weighted by molar-refractivity contribution is 8.00. The van der Waals surface area contributed by atoms with Crippen molar-refractivity contribution in [3.05, 3.63) is 65.8 Å². The third kappa shape index (κ3) is 5.33. The maximum Gasteiger partial charge on any atom is 0.277 e. The lowest BCUT2D eigenvalue weighted by atomic mass is 10.2. The standard InChI is InChI=1S/C20H17FN4O3S/c1-12(27-17-9-4-3-8-16(17)21)19-24-25-20(28-19)29-13(2)18(26)23-15-7-5-6-14(10-15)11-22/h3-10,12-13H,1-2H3,(H,23,26)/t12-,13+/m0/s1. The number of hydrogen-bond donors (Lipinski definition) is 1. The Morgan fingerprint density at radius 2 is 2.03 bits per heavy atom. The van der Waals surface area contributed by atoms with Gasteiger partial charge in [0.05, 0.1) is 16.9 Å². The molecular weight excluding hydrogens is 395 g/mol. The fourth-order valence-electron chi connectivity index (χ4n) is 2.33. The van der Waals surface area contributed by atoms with E-state index in [4.69, 9.17) is 14.4 Å². The molecule has 0 aliphatic carbocycles. The number of halogens is 1. The Bertz CT molecular complexity index is 1050. The Balaban J connectivity index is 1.59. The molecule has 0 radical (unpaired) electrons. The summed E-state index contributed by atoms with van der Waals surface area (Å²) in [6.45, 7) is 3.35. The number of carbonyl (C=O) groups excluding carboxylic acids is 1. The van der Waals surface area contributed by atoms with Crippen LogP contribution in [0.4, 0.5) is 10.1 Å². The molecule has 0 bridgehead atoms. The summed E-state index contributed by atoms with van der Waals surface area (Å²) < 4.78 is 24.7. The van der Waals surface area contributed by atoms with E-state index in [-0.39, 0.29) is 22.8 Å². The van der Waals surface area contributed by atoms with Gasteiger partial charge in [0.1, 0.15) is 0 Å². The first kappa shape index (κ1) is 20.4. The molecule has 0 spiro atoms. The number of amides is 1. The van der Waals surface area contributed by atoms with Gasteiger partial charge in [-0.25, -0.2) is 4.39 Å². The smallest absolute Gasteiger partial charge is 0.277 e. The lowest BCUT2D eigenvalue weighted by Crippen LogP contribution is -2.22. The summed E-state index contributed by atoms with van der Waals surface area (Å²) in [5.74, 6) is -0.510. The number of rotatable bonds is 7. The van der Waals surface area contributed by atoms with Crippen molar-refractivity contribution in [3.8, 4) is 11.8 Å². The molecule has 0 fully saturated rings. The normalized spacial score (nSPS) is 12.6. The number of nitriles is 1. The summed E-state index contributed by atoms with van der Waals surface area (Å²) in [5, 5.41) is 19.1. The van der Waals surface area contributed by atoms with E-state index in [1.165, 1.54) is 12.1 Å². The average molecular weight is 412 g/mol. The molecule has 1 heterocycles. The van der Waals surface area contributed by atoms with E-state index in [0.717, 1.165) is 11.8 Å². The van der Waals surface area contributed by atoms with Gasteiger partial charge in [-0.15, -0.1) is 10.2 Å². The summed E-state index contributed by atoms with van der Waals surface area (Å²) in [6.07, 6.45) is -0.661. The number of thioether (sulfide) groups is 1. The predicted octanol–water partition coefficient (Wildman–Crippen LogP) is 4.34. The lowest BCUT2D eigenvalue weighted by molar-refractivity contribution is -0.115. The first-order valence-electron chi connectivity index (χ1n) is 8.68. The van der Waals surface area contributed by atoms with Gasteiger partial charge in [-0.3, -0.25) is 4.79 Å². The second kappa shape index (κ2) is 9.21. The highest BCUT2D eigenvalue weighted by Crippen LogP contribution is 2.27. The maximum atomic E-state index is 13.7. The van der Waals surface area contributed by atoms with Gasteiger partial charge in [-0.05, 0) is 44.2 Å². The van der Waals surface area contributed by atoms with Crippen LogP contribution in [-0.2, 0) is 4.79 Å². The summed E-state index contributed by atoms with van der Waals surface area (Å²) >= 11 is 1.08. The second-order valence-electron chi connectivity index (χ2n) is 6.04. The fourth-order valence-corrected chi connectivity index (χ4v) is 3.02. The lowest BCUT2D eigenvalue weighted by Gasteiger charge is -2.11. The molecule has 0 saturated carbocycles. The molecule has 9 heteroatoms. The minimum atomic E-state index is -0.661.